The highest BCUT2D eigenvalue weighted by Crippen LogP contribution is 2.31. The highest BCUT2D eigenvalue weighted by Gasteiger charge is 2.20. The zero-order valence-corrected chi connectivity index (χ0v) is 44.8. The SMILES string of the molecule is C.CC(=O)c1cc2ccc(Br)cc2[nH]1.CC(C)(C)OC(=O)n1ncc2cc(Nc3ccnc(Cl)n3)ccc21.Clc1nc(Nc2ccc(C3=CCN=C3)cc2)c2sccc2n1.O=C(O)c1cc2ccc(Br)cc2s1. The third-order valence-electron chi connectivity index (χ3n) is 10.1. The molecule has 11 rings (SSSR count). The number of hydrogen-bond donors (Lipinski definition) is 4. The summed E-state index contributed by atoms with van der Waals surface area (Å²) in [5.74, 6) is 0.512. The van der Waals surface area contributed by atoms with E-state index in [9.17, 15) is 14.4 Å². The Balaban J connectivity index is 0.000000147. The fourth-order valence-corrected chi connectivity index (χ4v) is 9.78. The van der Waals surface area contributed by atoms with Crippen molar-refractivity contribution in [1.29, 1.82) is 0 Å². The molecule has 0 amide bonds. The molecular formula is C52H44Br2Cl2N10O5S2. The van der Waals surface area contributed by atoms with Gasteiger partial charge in [-0.3, -0.25) is 9.79 Å². The third-order valence-corrected chi connectivity index (χ3v) is 13.4. The molecule has 0 spiro atoms. The molecule has 0 bridgehead atoms. The van der Waals surface area contributed by atoms with Gasteiger partial charge in [-0.15, -0.1) is 22.7 Å². The first-order chi connectivity index (χ1) is 34.4. The zero-order chi connectivity index (χ0) is 51.1. The molecule has 15 nitrogen and oxygen atoms in total. The number of ether oxygens (including phenoxy) is 1. The predicted molar refractivity (Wildman–Crippen MR) is 304 cm³/mol. The van der Waals surface area contributed by atoms with E-state index in [-0.39, 0.29) is 23.8 Å². The number of allylic oxidation sites excluding steroid dienone is 1. The summed E-state index contributed by atoms with van der Waals surface area (Å²) in [5, 5.41) is 24.5. The first kappa shape index (κ1) is 53.9. The first-order valence-corrected chi connectivity index (χ1v) is 25.6. The van der Waals surface area contributed by atoms with Crippen molar-refractivity contribution in [2.24, 2.45) is 4.99 Å². The molecule has 372 valence electrons. The second kappa shape index (κ2) is 23.8. The summed E-state index contributed by atoms with van der Waals surface area (Å²) >= 11 is 21.3. The van der Waals surface area contributed by atoms with E-state index in [1.54, 1.807) is 48.9 Å². The van der Waals surface area contributed by atoms with Gasteiger partial charge in [-0.2, -0.15) is 14.8 Å². The lowest BCUT2D eigenvalue weighted by molar-refractivity contribution is 0.0522. The molecule has 1 aliphatic heterocycles. The summed E-state index contributed by atoms with van der Waals surface area (Å²) in [7, 11) is 0. The maximum atomic E-state index is 12.2. The molecule has 0 aliphatic carbocycles. The van der Waals surface area contributed by atoms with Crippen LogP contribution in [0, 0.1) is 0 Å². The van der Waals surface area contributed by atoms with E-state index in [0.29, 0.717) is 21.9 Å². The lowest BCUT2D eigenvalue weighted by Gasteiger charge is -2.19. The minimum atomic E-state index is -0.864. The number of aromatic nitrogens is 7. The second-order valence-corrected chi connectivity index (χ2v) is 21.1. The maximum Gasteiger partial charge on any atom is 0.435 e. The molecule has 4 N–H and O–H groups in total. The number of H-pyrrole nitrogens is 1. The lowest BCUT2D eigenvalue weighted by atomic mass is 10.1. The van der Waals surface area contributed by atoms with Crippen molar-refractivity contribution >= 4 is 172 Å². The number of ketones is 1. The molecular weight excluding hydrogens is 1140 g/mol. The van der Waals surface area contributed by atoms with E-state index in [1.807, 2.05) is 105 Å². The number of carboxylic acid groups (broad SMARTS) is 1. The van der Waals surface area contributed by atoms with Crippen LogP contribution >= 0.6 is 77.7 Å². The molecule has 73 heavy (non-hydrogen) atoms. The molecule has 0 saturated heterocycles. The number of fused-ring (bicyclic) bond motifs is 4. The Kier molecular flexibility index (Phi) is 17.6. The minimum absolute atomic E-state index is 0. The van der Waals surface area contributed by atoms with Gasteiger partial charge in [-0.05, 0) is 145 Å². The van der Waals surface area contributed by atoms with E-state index >= 15 is 0 Å². The molecule has 7 heterocycles. The van der Waals surface area contributed by atoms with Crippen LogP contribution in [0.3, 0.4) is 0 Å². The van der Waals surface area contributed by atoms with Gasteiger partial charge >= 0.3 is 12.1 Å². The van der Waals surface area contributed by atoms with Crippen molar-refractivity contribution in [1.82, 2.24) is 34.7 Å². The first-order valence-electron chi connectivity index (χ1n) is 21.6. The number of nitrogens with zero attached hydrogens (tertiary/aromatic N) is 7. The summed E-state index contributed by atoms with van der Waals surface area (Å²) in [6.45, 7) is 7.76. The fraction of sp³-hybridized carbons (Fsp3) is 0.135. The zero-order valence-electron chi connectivity index (χ0n) is 38.4. The highest BCUT2D eigenvalue weighted by atomic mass is 79.9. The van der Waals surface area contributed by atoms with Crippen molar-refractivity contribution < 1.29 is 24.2 Å². The van der Waals surface area contributed by atoms with Crippen molar-refractivity contribution in [2.45, 2.75) is 40.7 Å². The molecule has 0 unspecified atom stereocenters. The fourth-order valence-electron chi connectivity index (χ4n) is 6.86. The smallest absolute Gasteiger partial charge is 0.435 e. The Morgan fingerprint density at radius 3 is 2.26 bits per heavy atom. The van der Waals surface area contributed by atoms with Crippen LogP contribution in [0.2, 0.25) is 10.6 Å². The number of halogens is 4. The van der Waals surface area contributed by atoms with Crippen LogP contribution in [0.4, 0.5) is 27.8 Å². The topological polar surface area (TPSA) is 202 Å². The molecule has 0 fully saturated rings. The monoisotopic (exact) mass is 1180 g/mol. The molecule has 6 aromatic heterocycles. The molecule has 0 atom stereocenters. The van der Waals surface area contributed by atoms with Gasteiger partial charge < -0.3 is 25.5 Å². The molecule has 0 saturated carbocycles. The number of carbonyl (C=O) groups is 3. The number of benzene rings is 4. The average Bonchev–Trinajstić information content (AvgIpc) is 4.19. The van der Waals surface area contributed by atoms with Gasteiger partial charge in [0.1, 0.15) is 16.3 Å². The maximum absolute atomic E-state index is 12.2. The predicted octanol–water partition coefficient (Wildman–Crippen LogP) is 15.7. The number of carbonyl (C=O) groups excluding carboxylic acids is 2. The van der Waals surface area contributed by atoms with Crippen LogP contribution < -0.4 is 10.6 Å². The van der Waals surface area contributed by atoms with Gasteiger partial charge in [0, 0.05) is 60.6 Å². The standard InChI is InChI=1S/C16H16ClN5O2.C16H11ClN4S.C10H8BrNO.C9H5BrO2S.CH4/c1-16(2,3)24-15(23)22-12-5-4-11(8-10(12)9-19-22)20-13-6-7-18-14(17)21-13;17-16-20-13-6-8-22-14(13)15(21-16)19-12-3-1-10(2-4-12)11-5-7-18-9-11;1-6(13)9-4-7-2-3-8(11)5-10(7)12-9;10-6-2-1-5-3-8(9(11)12)13-7(5)4-6;/h4-9H,1-3H3,(H,18,20,21);1-6,8-9H,7H2,(H,19,20,21);2-5,12H,1H3;1-4H,(H,11,12);1H4. The van der Waals surface area contributed by atoms with Crippen molar-refractivity contribution in [3.8, 4) is 0 Å². The van der Waals surface area contributed by atoms with E-state index in [1.165, 1.54) is 16.0 Å². The summed E-state index contributed by atoms with van der Waals surface area (Å²) in [4.78, 5) is 57.9. The Hall–Kier alpha value is -6.87. The number of aromatic amines is 1. The van der Waals surface area contributed by atoms with Crippen LogP contribution in [0.5, 0.6) is 0 Å². The van der Waals surface area contributed by atoms with Gasteiger partial charge in [0.25, 0.3) is 0 Å². The molecule has 10 aromatic rings. The number of Topliss-reactive ketones (excluding diaryl/α,β-unsaturated/α-hetero) is 1. The Morgan fingerprint density at radius 1 is 0.822 bits per heavy atom. The number of hydrogen-bond acceptors (Lipinski definition) is 14. The molecule has 21 heteroatoms. The number of thiophene rings is 2. The average molecular weight is 1180 g/mol. The molecule has 0 radical (unpaired) electrons. The molecule has 1 aliphatic rings. The number of carboxylic acids is 1. The Morgan fingerprint density at radius 2 is 1.56 bits per heavy atom. The van der Waals surface area contributed by atoms with Gasteiger partial charge in [0.2, 0.25) is 10.6 Å². The normalized spacial score (nSPS) is 11.6. The van der Waals surface area contributed by atoms with Crippen LogP contribution in [-0.2, 0) is 4.74 Å². The lowest BCUT2D eigenvalue weighted by Crippen LogP contribution is -2.27. The van der Waals surface area contributed by atoms with E-state index < -0.39 is 17.7 Å². The van der Waals surface area contributed by atoms with Crippen LogP contribution in [0.25, 0.3) is 47.7 Å². The minimum Gasteiger partial charge on any atom is -0.477 e. The quantitative estimate of drug-likeness (QED) is 0.0870. The highest BCUT2D eigenvalue weighted by molar-refractivity contribution is 9.10. The van der Waals surface area contributed by atoms with Crippen LogP contribution in [0.15, 0.2) is 141 Å². The van der Waals surface area contributed by atoms with Gasteiger partial charge in [-0.25, -0.2) is 24.5 Å². The number of rotatable bonds is 7. The Labute approximate surface area is 453 Å². The summed E-state index contributed by atoms with van der Waals surface area (Å²) in [5.41, 5.74) is 6.67. The van der Waals surface area contributed by atoms with Crippen molar-refractivity contribution in [3.63, 3.8) is 0 Å². The third kappa shape index (κ3) is 14.2. The van der Waals surface area contributed by atoms with E-state index in [4.69, 9.17) is 33.0 Å². The van der Waals surface area contributed by atoms with E-state index in [0.717, 1.165) is 80.4 Å². The number of aromatic carboxylic acids is 1. The second-order valence-electron chi connectivity index (χ2n) is 16.5. The summed E-state index contributed by atoms with van der Waals surface area (Å²) < 4.78 is 10.6. The Bertz CT molecular complexity index is 3610. The van der Waals surface area contributed by atoms with Crippen LogP contribution in [-0.4, -0.2) is 76.0 Å². The van der Waals surface area contributed by atoms with Crippen molar-refractivity contribution in [2.75, 3.05) is 17.2 Å². The molecule has 4 aromatic carbocycles. The number of aliphatic imine (C=N–C) groups is 1. The van der Waals surface area contributed by atoms with Gasteiger partial charge in [-0.1, -0.05) is 69.6 Å². The van der Waals surface area contributed by atoms with Crippen molar-refractivity contribution in [3.05, 3.63) is 163 Å². The largest absolute Gasteiger partial charge is 0.477 e. The van der Waals surface area contributed by atoms with Gasteiger partial charge in [0.15, 0.2) is 11.6 Å². The van der Waals surface area contributed by atoms with Crippen LogP contribution in [0.1, 0.15) is 60.8 Å². The summed E-state index contributed by atoms with van der Waals surface area (Å²) in [6.07, 6.45) is 6.68. The van der Waals surface area contributed by atoms with Gasteiger partial charge in [0.05, 0.1) is 34.2 Å². The van der Waals surface area contributed by atoms with E-state index in [2.05, 4.69) is 95.7 Å². The number of nitrogens with one attached hydrogen (secondary N) is 3. The number of anilines is 4. The summed E-state index contributed by atoms with van der Waals surface area (Å²) in [6, 6.07) is 32.5.